The Hall–Kier alpha value is -4.08. The minimum atomic E-state index is -5.08. The summed E-state index contributed by atoms with van der Waals surface area (Å²) < 4.78 is 41.3. The number of amides is 2. The Morgan fingerprint density at radius 3 is 2.52 bits per heavy atom. The second-order valence-corrected chi connectivity index (χ2v) is 12.0. The van der Waals surface area contributed by atoms with Gasteiger partial charge in [0.2, 0.25) is 11.8 Å². The highest BCUT2D eigenvalue weighted by molar-refractivity contribution is 6.32. The van der Waals surface area contributed by atoms with Crippen molar-refractivity contribution in [2.75, 3.05) is 19.7 Å². The molecule has 0 bridgehead atoms. The van der Waals surface area contributed by atoms with Gasteiger partial charge in [-0.3, -0.25) is 19.2 Å². The van der Waals surface area contributed by atoms with E-state index in [9.17, 15) is 22.8 Å². The number of alkyl halides is 3. The standard InChI is InChI=1S/C26H26ClN7O3.C2HF3O2/c1-26(2)20-21(26)25(36)32(24(20)35)10-14-5-19-22(29-13-31-33(19)11-14)18-7-16(27)6-15-8-30-34(23(15)18)12-17-9-28-3-4-37-17;3-2(4,5)1(6)7/h5-8,11,13,17,20-21,28H,3-4,9-10,12H2,1-2H3;(H,6,7)/t17-,20?,21?;/m0./s1. The van der Waals surface area contributed by atoms with Crippen molar-refractivity contribution in [1.29, 1.82) is 0 Å². The van der Waals surface area contributed by atoms with E-state index < -0.39 is 12.1 Å². The molecular formula is C28H27ClF3N7O5. The number of aromatic nitrogens is 5. The minimum Gasteiger partial charge on any atom is -0.475 e. The lowest BCUT2D eigenvalue weighted by molar-refractivity contribution is -0.192. The highest BCUT2D eigenvalue weighted by Crippen LogP contribution is 2.63. The summed E-state index contributed by atoms with van der Waals surface area (Å²) in [5, 5.41) is 21.0. The summed E-state index contributed by atoms with van der Waals surface area (Å²) in [6, 6.07) is 5.72. The number of nitrogens with one attached hydrogen (secondary N) is 1. The molecule has 44 heavy (non-hydrogen) atoms. The Morgan fingerprint density at radius 2 is 1.89 bits per heavy atom. The normalized spacial score (nSPS) is 22.7. The number of benzene rings is 1. The molecule has 2 unspecified atom stereocenters. The van der Waals surface area contributed by atoms with E-state index in [2.05, 4.69) is 20.5 Å². The average Bonchev–Trinajstić information content (AvgIpc) is 3.30. The number of carboxylic acids is 1. The van der Waals surface area contributed by atoms with Gasteiger partial charge < -0.3 is 15.2 Å². The smallest absolute Gasteiger partial charge is 0.475 e. The predicted molar refractivity (Wildman–Crippen MR) is 149 cm³/mol. The number of ether oxygens (including phenoxy) is 1. The summed E-state index contributed by atoms with van der Waals surface area (Å²) in [5.74, 6) is -3.32. The minimum absolute atomic E-state index is 0.0115. The first kappa shape index (κ1) is 30.0. The third kappa shape index (κ3) is 5.28. The summed E-state index contributed by atoms with van der Waals surface area (Å²) in [6.07, 6.45) is 0.0756. The van der Waals surface area contributed by atoms with Crippen molar-refractivity contribution >= 4 is 45.8 Å². The number of piperidine rings is 1. The van der Waals surface area contributed by atoms with Gasteiger partial charge in [0.15, 0.2) is 0 Å². The Labute approximate surface area is 252 Å². The molecule has 12 nitrogen and oxygen atoms in total. The first-order chi connectivity index (χ1) is 20.8. The van der Waals surface area contributed by atoms with Gasteiger partial charge in [0, 0.05) is 35.3 Å². The SMILES string of the molecule is CC1(C)C2C(=O)N(Cc3cc4c(-c5cc(Cl)cc6cnn(C[C@@H]7CNCCO7)c56)ncnn4c3)C(=O)C21.O=C(O)C(F)(F)F. The third-order valence-corrected chi connectivity index (χ3v) is 8.49. The van der Waals surface area contributed by atoms with E-state index in [0.717, 1.165) is 40.6 Å². The zero-order valence-electron chi connectivity index (χ0n) is 23.5. The number of hydrogen-bond acceptors (Lipinski definition) is 8. The number of carboxylic acid groups (broad SMARTS) is 1. The lowest BCUT2D eigenvalue weighted by Gasteiger charge is -2.24. The number of fused-ring (bicyclic) bond motifs is 3. The number of hydrogen-bond donors (Lipinski definition) is 2. The van der Waals surface area contributed by atoms with Crippen LogP contribution in [0.5, 0.6) is 0 Å². The molecule has 232 valence electrons. The third-order valence-electron chi connectivity index (χ3n) is 8.27. The number of rotatable bonds is 5. The fraction of sp³-hybridized carbons (Fsp3) is 0.429. The van der Waals surface area contributed by atoms with Gasteiger partial charge in [0.05, 0.1) is 54.9 Å². The molecule has 1 aliphatic carbocycles. The van der Waals surface area contributed by atoms with Crippen molar-refractivity contribution in [3.05, 3.63) is 47.5 Å². The van der Waals surface area contributed by atoms with E-state index in [1.807, 2.05) is 42.9 Å². The lowest BCUT2D eigenvalue weighted by Crippen LogP contribution is -2.40. The van der Waals surface area contributed by atoms with Gasteiger partial charge in [-0.1, -0.05) is 25.4 Å². The van der Waals surface area contributed by atoms with Gasteiger partial charge in [-0.15, -0.1) is 0 Å². The molecular weight excluding hydrogens is 607 g/mol. The van der Waals surface area contributed by atoms with Crippen LogP contribution < -0.4 is 5.32 Å². The maximum absolute atomic E-state index is 12.9. The topological polar surface area (TPSA) is 144 Å². The van der Waals surface area contributed by atoms with Crippen molar-refractivity contribution < 1.29 is 37.4 Å². The molecule has 4 aromatic rings. The Bertz CT molecular complexity index is 1770. The Balaban J connectivity index is 0.000000441. The molecule has 3 aromatic heterocycles. The van der Waals surface area contributed by atoms with Gasteiger partial charge >= 0.3 is 12.1 Å². The Morgan fingerprint density at radius 1 is 1.18 bits per heavy atom. The summed E-state index contributed by atoms with van der Waals surface area (Å²) in [5.41, 5.74) is 3.78. The number of aliphatic carboxylic acids is 1. The van der Waals surface area contributed by atoms with Gasteiger partial charge in [-0.05, 0) is 29.2 Å². The lowest BCUT2D eigenvalue weighted by atomic mass is 10.1. The van der Waals surface area contributed by atoms with Crippen LogP contribution in [-0.2, 0) is 32.2 Å². The van der Waals surface area contributed by atoms with E-state index in [0.29, 0.717) is 23.9 Å². The number of carbonyl (C=O) groups excluding carboxylic acids is 2. The largest absolute Gasteiger partial charge is 0.490 e. The van der Waals surface area contributed by atoms with Crippen LogP contribution in [0, 0.1) is 17.3 Å². The van der Waals surface area contributed by atoms with E-state index in [4.69, 9.17) is 26.2 Å². The average molecular weight is 634 g/mol. The molecule has 3 aliphatic rings. The predicted octanol–water partition coefficient (Wildman–Crippen LogP) is 3.16. The summed E-state index contributed by atoms with van der Waals surface area (Å²) in [4.78, 5) is 40.6. The van der Waals surface area contributed by atoms with E-state index in [1.165, 1.54) is 11.2 Å². The molecule has 0 spiro atoms. The van der Waals surface area contributed by atoms with E-state index in [1.54, 1.807) is 10.7 Å². The molecule has 2 saturated heterocycles. The first-order valence-corrected chi connectivity index (χ1v) is 14.1. The molecule has 7 rings (SSSR count). The fourth-order valence-corrected chi connectivity index (χ4v) is 6.29. The molecule has 2 N–H and O–H groups in total. The Kier molecular flexibility index (Phi) is 7.37. The second kappa shape index (κ2) is 10.8. The van der Waals surface area contributed by atoms with E-state index >= 15 is 0 Å². The van der Waals surface area contributed by atoms with Crippen molar-refractivity contribution in [3.63, 3.8) is 0 Å². The van der Waals surface area contributed by atoms with E-state index in [-0.39, 0.29) is 41.7 Å². The van der Waals surface area contributed by atoms with Crippen LogP contribution in [0.3, 0.4) is 0 Å². The van der Waals surface area contributed by atoms with Gasteiger partial charge in [0.1, 0.15) is 12.0 Å². The van der Waals surface area contributed by atoms with Crippen molar-refractivity contribution in [2.45, 2.75) is 39.2 Å². The molecule has 1 saturated carbocycles. The quantitative estimate of drug-likeness (QED) is 0.317. The highest BCUT2D eigenvalue weighted by Gasteiger charge is 2.72. The number of morpholine rings is 1. The van der Waals surface area contributed by atoms with Crippen molar-refractivity contribution in [2.24, 2.45) is 17.3 Å². The molecule has 5 heterocycles. The molecule has 0 radical (unpaired) electrons. The number of carbonyl (C=O) groups is 3. The number of likely N-dealkylation sites (tertiary alicyclic amines) is 1. The number of nitrogens with zero attached hydrogens (tertiary/aromatic N) is 6. The highest BCUT2D eigenvalue weighted by atomic mass is 35.5. The van der Waals surface area contributed by atoms with Crippen LogP contribution in [0.25, 0.3) is 27.7 Å². The van der Waals surface area contributed by atoms with Crippen LogP contribution in [0.2, 0.25) is 5.02 Å². The van der Waals surface area contributed by atoms with Gasteiger partial charge in [-0.2, -0.15) is 23.4 Å². The van der Waals surface area contributed by atoms with Crippen molar-refractivity contribution in [3.8, 4) is 11.3 Å². The molecule has 16 heteroatoms. The summed E-state index contributed by atoms with van der Waals surface area (Å²) >= 11 is 6.51. The zero-order chi connectivity index (χ0) is 31.6. The first-order valence-electron chi connectivity index (χ1n) is 13.7. The van der Waals surface area contributed by atoms with Crippen LogP contribution in [-0.4, -0.2) is 84.1 Å². The summed E-state index contributed by atoms with van der Waals surface area (Å²) in [6.45, 7) is 7.06. The second-order valence-electron chi connectivity index (χ2n) is 11.5. The summed E-state index contributed by atoms with van der Waals surface area (Å²) in [7, 11) is 0. The van der Waals surface area contributed by atoms with Gasteiger partial charge in [-0.25, -0.2) is 14.3 Å². The molecule has 3 atom stereocenters. The van der Waals surface area contributed by atoms with Crippen LogP contribution in [0.1, 0.15) is 19.4 Å². The molecule has 1 aromatic carbocycles. The molecule has 2 aliphatic heterocycles. The molecule has 2 amide bonds. The maximum Gasteiger partial charge on any atom is 0.490 e. The zero-order valence-corrected chi connectivity index (χ0v) is 24.3. The monoisotopic (exact) mass is 633 g/mol. The fourth-order valence-electron chi connectivity index (χ4n) is 6.06. The molecule has 3 fully saturated rings. The number of imide groups is 1. The van der Waals surface area contributed by atoms with Crippen molar-refractivity contribution in [1.82, 2.24) is 34.6 Å². The van der Waals surface area contributed by atoms with Crippen LogP contribution in [0.4, 0.5) is 13.2 Å². The maximum atomic E-state index is 12.9. The number of halogens is 4. The van der Waals surface area contributed by atoms with Crippen LogP contribution in [0.15, 0.2) is 36.9 Å². The van der Waals surface area contributed by atoms with Crippen LogP contribution >= 0.6 is 11.6 Å². The van der Waals surface area contributed by atoms with Gasteiger partial charge in [0.25, 0.3) is 0 Å².